The maximum Gasteiger partial charge on any atom is 0.164 e. The molecule has 0 radical (unpaired) electrons. The van der Waals surface area contributed by atoms with Crippen molar-refractivity contribution in [3.05, 3.63) is 188 Å². The van der Waals surface area contributed by atoms with Crippen molar-refractivity contribution in [3.63, 3.8) is 0 Å². The Morgan fingerprint density at radius 2 is 0.615 bits per heavy atom. The van der Waals surface area contributed by atoms with E-state index in [1.54, 1.807) is 0 Å². The van der Waals surface area contributed by atoms with Crippen LogP contribution < -0.4 is 0 Å². The normalized spacial score (nSPS) is 11.5. The third-order valence-corrected chi connectivity index (χ3v) is 10.1. The third-order valence-electron chi connectivity index (χ3n) is 10.1. The van der Waals surface area contributed by atoms with Crippen molar-refractivity contribution in [3.8, 4) is 56.4 Å². The molecule has 1 aromatic heterocycles. The molecular formula is C49H31N3. The van der Waals surface area contributed by atoms with Gasteiger partial charge in [-0.05, 0) is 77.5 Å². The molecule has 0 N–H and O–H groups in total. The summed E-state index contributed by atoms with van der Waals surface area (Å²) in [7, 11) is 0. The molecule has 0 aliphatic carbocycles. The van der Waals surface area contributed by atoms with Gasteiger partial charge in [0.2, 0.25) is 0 Å². The highest BCUT2D eigenvalue weighted by atomic mass is 15.0. The van der Waals surface area contributed by atoms with E-state index in [9.17, 15) is 0 Å². The molecule has 0 aliphatic heterocycles. The first kappa shape index (κ1) is 29.9. The van der Waals surface area contributed by atoms with Gasteiger partial charge in [-0.1, -0.05) is 176 Å². The monoisotopic (exact) mass is 661 g/mol. The molecule has 10 aromatic rings. The lowest BCUT2D eigenvalue weighted by molar-refractivity contribution is 1.07. The lowest BCUT2D eigenvalue weighted by atomic mass is 9.96. The van der Waals surface area contributed by atoms with E-state index in [1.165, 1.54) is 48.8 Å². The van der Waals surface area contributed by atoms with Crippen LogP contribution >= 0.6 is 0 Å². The molecule has 3 heteroatoms. The Hall–Kier alpha value is -6.97. The largest absolute Gasteiger partial charge is 0.208 e. The van der Waals surface area contributed by atoms with Crippen molar-refractivity contribution in [1.82, 2.24) is 15.0 Å². The predicted molar refractivity (Wildman–Crippen MR) is 217 cm³/mol. The van der Waals surface area contributed by atoms with Crippen LogP contribution in [0.5, 0.6) is 0 Å². The van der Waals surface area contributed by atoms with Crippen LogP contribution in [0.15, 0.2) is 188 Å². The number of fused-ring (bicyclic) bond motifs is 6. The maximum absolute atomic E-state index is 5.10. The molecule has 0 fully saturated rings. The number of benzene rings is 9. The van der Waals surface area contributed by atoms with Gasteiger partial charge in [0.1, 0.15) is 0 Å². The Kier molecular flexibility index (Phi) is 7.14. The van der Waals surface area contributed by atoms with E-state index in [0.29, 0.717) is 17.5 Å². The third kappa shape index (κ3) is 5.37. The van der Waals surface area contributed by atoms with Gasteiger partial charge in [0.05, 0.1) is 0 Å². The highest BCUT2D eigenvalue weighted by Gasteiger charge is 2.14. The summed E-state index contributed by atoms with van der Waals surface area (Å²) in [5.41, 5.74) is 7.48. The smallest absolute Gasteiger partial charge is 0.164 e. The molecule has 0 atom stereocenters. The number of hydrogen-bond donors (Lipinski definition) is 0. The summed E-state index contributed by atoms with van der Waals surface area (Å²) >= 11 is 0. The first-order valence-electron chi connectivity index (χ1n) is 17.6. The molecule has 242 valence electrons. The van der Waals surface area contributed by atoms with Crippen LogP contribution in [0.3, 0.4) is 0 Å². The van der Waals surface area contributed by atoms with E-state index < -0.39 is 0 Å². The zero-order valence-electron chi connectivity index (χ0n) is 28.2. The molecule has 0 aliphatic rings. The van der Waals surface area contributed by atoms with Gasteiger partial charge in [-0.3, -0.25) is 0 Å². The molecule has 3 nitrogen and oxygen atoms in total. The van der Waals surface area contributed by atoms with Gasteiger partial charge in [0.15, 0.2) is 17.5 Å². The minimum Gasteiger partial charge on any atom is -0.208 e. The van der Waals surface area contributed by atoms with Crippen molar-refractivity contribution in [2.24, 2.45) is 0 Å². The van der Waals surface area contributed by atoms with Gasteiger partial charge in [-0.25, -0.2) is 15.0 Å². The van der Waals surface area contributed by atoms with E-state index in [0.717, 1.165) is 33.2 Å². The maximum atomic E-state index is 5.10. The van der Waals surface area contributed by atoms with Crippen molar-refractivity contribution in [1.29, 1.82) is 0 Å². The number of nitrogens with zero attached hydrogens (tertiary/aromatic N) is 3. The molecule has 0 saturated carbocycles. The Bertz CT molecular complexity index is 2930. The van der Waals surface area contributed by atoms with Crippen LogP contribution in [-0.4, -0.2) is 15.0 Å². The summed E-state index contributed by atoms with van der Waals surface area (Å²) in [4.78, 5) is 15.2. The Balaban J connectivity index is 1.08. The van der Waals surface area contributed by atoms with Crippen molar-refractivity contribution in [2.45, 2.75) is 0 Å². The van der Waals surface area contributed by atoms with E-state index in [-0.39, 0.29) is 0 Å². The highest BCUT2D eigenvalue weighted by molar-refractivity contribution is 6.17. The number of aromatic nitrogens is 3. The van der Waals surface area contributed by atoms with E-state index >= 15 is 0 Å². The molecule has 0 bridgehead atoms. The van der Waals surface area contributed by atoms with Gasteiger partial charge < -0.3 is 0 Å². The zero-order chi connectivity index (χ0) is 34.4. The van der Waals surface area contributed by atoms with Crippen LogP contribution in [0.25, 0.3) is 99.5 Å². The van der Waals surface area contributed by atoms with Crippen molar-refractivity contribution < 1.29 is 0 Å². The van der Waals surface area contributed by atoms with Gasteiger partial charge in [0, 0.05) is 16.7 Å². The van der Waals surface area contributed by atoms with Crippen LogP contribution in [0.4, 0.5) is 0 Å². The summed E-state index contributed by atoms with van der Waals surface area (Å²) < 4.78 is 0. The van der Waals surface area contributed by atoms with E-state index in [4.69, 9.17) is 15.0 Å². The fourth-order valence-corrected chi connectivity index (χ4v) is 7.35. The lowest BCUT2D eigenvalue weighted by Gasteiger charge is -2.11. The lowest BCUT2D eigenvalue weighted by Crippen LogP contribution is -2.00. The van der Waals surface area contributed by atoms with Crippen LogP contribution in [0.1, 0.15) is 0 Å². The van der Waals surface area contributed by atoms with Crippen LogP contribution in [0, 0.1) is 0 Å². The summed E-state index contributed by atoms with van der Waals surface area (Å²) in [6.45, 7) is 0. The SMILES string of the molecule is c1ccc(-c2ccc(-c3nc(-c4ccc(-c5ccc6ccccc6c5)cc4)nc(-c4ccc5c(ccc6c7ccccc7ccc56)c4)n3)cc2)cc1. The fourth-order valence-electron chi connectivity index (χ4n) is 7.35. The van der Waals surface area contributed by atoms with Crippen molar-refractivity contribution in [2.75, 3.05) is 0 Å². The molecule has 0 unspecified atom stereocenters. The van der Waals surface area contributed by atoms with Gasteiger partial charge in [0.25, 0.3) is 0 Å². The zero-order valence-corrected chi connectivity index (χ0v) is 28.2. The highest BCUT2D eigenvalue weighted by Crippen LogP contribution is 2.34. The number of hydrogen-bond acceptors (Lipinski definition) is 3. The molecule has 10 rings (SSSR count). The first-order valence-corrected chi connectivity index (χ1v) is 17.6. The molecule has 0 spiro atoms. The Morgan fingerprint density at radius 3 is 1.31 bits per heavy atom. The molecule has 0 amide bonds. The van der Waals surface area contributed by atoms with Crippen LogP contribution in [0.2, 0.25) is 0 Å². The summed E-state index contributed by atoms with van der Waals surface area (Å²) in [6, 6.07) is 66.5. The summed E-state index contributed by atoms with van der Waals surface area (Å²) in [6.07, 6.45) is 0. The Morgan fingerprint density at radius 1 is 0.212 bits per heavy atom. The van der Waals surface area contributed by atoms with Gasteiger partial charge in [-0.15, -0.1) is 0 Å². The van der Waals surface area contributed by atoms with E-state index in [1.807, 2.05) is 6.07 Å². The minimum absolute atomic E-state index is 0.641. The topological polar surface area (TPSA) is 38.7 Å². The quantitative estimate of drug-likeness (QED) is 0.172. The van der Waals surface area contributed by atoms with Gasteiger partial charge >= 0.3 is 0 Å². The molecular weight excluding hydrogens is 631 g/mol. The predicted octanol–water partition coefficient (Wildman–Crippen LogP) is 12.8. The molecule has 0 saturated heterocycles. The van der Waals surface area contributed by atoms with Gasteiger partial charge in [-0.2, -0.15) is 0 Å². The first-order chi connectivity index (χ1) is 25.7. The second-order valence-corrected chi connectivity index (χ2v) is 13.3. The fraction of sp³-hybridized carbons (Fsp3) is 0. The van der Waals surface area contributed by atoms with Crippen LogP contribution in [-0.2, 0) is 0 Å². The average molecular weight is 662 g/mol. The second kappa shape index (κ2) is 12.4. The van der Waals surface area contributed by atoms with E-state index in [2.05, 4.69) is 182 Å². The van der Waals surface area contributed by atoms with Crippen molar-refractivity contribution >= 4 is 43.1 Å². The average Bonchev–Trinajstić information content (AvgIpc) is 3.23. The second-order valence-electron chi connectivity index (χ2n) is 13.3. The molecule has 9 aromatic carbocycles. The molecule has 52 heavy (non-hydrogen) atoms. The molecule has 1 heterocycles. The standard InChI is InChI=1S/C49H31N3/c1-2-8-32(9-3-1)34-14-19-37(20-15-34)47-50-48(38-21-16-35(17-22-38)40-23-18-33-10-4-5-12-39(33)30-40)52-49(51-47)42-26-27-44-41(31-42)25-29-45-43-13-7-6-11-36(43)24-28-46(44)45/h1-31H. The number of rotatable bonds is 5. The summed E-state index contributed by atoms with van der Waals surface area (Å²) in [5.74, 6) is 1.93. The Labute approximate surface area is 301 Å². The minimum atomic E-state index is 0.641. The summed E-state index contributed by atoms with van der Waals surface area (Å²) in [5, 5.41) is 9.84.